The van der Waals surface area contributed by atoms with Crippen molar-refractivity contribution in [1.82, 2.24) is 9.78 Å². The number of phenolic OH excluding ortho intramolecular Hbond substituents is 1. The molecule has 0 spiro atoms. The molecule has 0 aliphatic carbocycles. The van der Waals surface area contributed by atoms with Gasteiger partial charge in [0.05, 0.1) is 23.9 Å². The molecule has 2 N–H and O–H groups in total. The minimum Gasteiger partial charge on any atom is -0.508 e. The summed E-state index contributed by atoms with van der Waals surface area (Å²) in [6.45, 7) is 0. The van der Waals surface area contributed by atoms with E-state index in [0.29, 0.717) is 16.8 Å². The van der Waals surface area contributed by atoms with Gasteiger partial charge in [-0.3, -0.25) is 4.79 Å². The van der Waals surface area contributed by atoms with Crippen LogP contribution in [0.5, 0.6) is 5.75 Å². The summed E-state index contributed by atoms with van der Waals surface area (Å²) in [6, 6.07) is 15.9. The smallest absolute Gasteiger partial charge is 0.228 e. The number of para-hydroxylation sites is 1. The maximum Gasteiger partial charge on any atom is 0.228 e. The molecule has 6 heteroatoms. The van der Waals surface area contributed by atoms with Crippen LogP contribution in [0.2, 0.25) is 0 Å². The molecular formula is C18H14N4O2. The fourth-order valence-corrected chi connectivity index (χ4v) is 2.26. The maximum atomic E-state index is 12.1. The Morgan fingerprint density at radius 1 is 1.21 bits per heavy atom. The molecule has 0 fully saturated rings. The minimum atomic E-state index is -0.213. The highest BCUT2D eigenvalue weighted by molar-refractivity contribution is 5.92. The Hall–Kier alpha value is -3.59. The number of phenols is 1. The van der Waals surface area contributed by atoms with Gasteiger partial charge in [0, 0.05) is 17.4 Å². The van der Waals surface area contributed by atoms with Crippen molar-refractivity contribution in [2.75, 3.05) is 5.32 Å². The lowest BCUT2D eigenvalue weighted by Crippen LogP contribution is -2.14. The molecule has 118 valence electrons. The molecule has 1 amide bonds. The monoisotopic (exact) mass is 318 g/mol. The number of nitrogens with one attached hydrogen (secondary N) is 1. The fraction of sp³-hybridized carbons (Fsp3) is 0.0556. The van der Waals surface area contributed by atoms with Crippen LogP contribution in [0.15, 0.2) is 60.9 Å². The van der Waals surface area contributed by atoms with Crippen molar-refractivity contribution in [3.05, 3.63) is 72.1 Å². The SMILES string of the molecule is N#Cc1cnn(-c2ccc(NC(=O)Cc3ccccc3O)cc2)c1. The summed E-state index contributed by atoms with van der Waals surface area (Å²) in [5.41, 5.74) is 2.49. The third-order valence-corrected chi connectivity index (χ3v) is 3.47. The van der Waals surface area contributed by atoms with E-state index in [1.165, 1.54) is 6.20 Å². The van der Waals surface area contributed by atoms with Crippen LogP contribution in [0, 0.1) is 11.3 Å². The van der Waals surface area contributed by atoms with E-state index in [1.54, 1.807) is 59.4 Å². The molecule has 3 rings (SSSR count). The molecule has 1 aromatic heterocycles. The van der Waals surface area contributed by atoms with Gasteiger partial charge in [-0.05, 0) is 30.3 Å². The van der Waals surface area contributed by atoms with Crippen LogP contribution >= 0.6 is 0 Å². The van der Waals surface area contributed by atoms with Crippen molar-refractivity contribution in [2.45, 2.75) is 6.42 Å². The van der Waals surface area contributed by atoms with Gasteiger partial charge < -0.3 is 10.4 Å². The Balaban J connectivity index is 1.67. The van der Waals surface area contributed by atoms with Crippen LogP contribution in [-0.2, 0) is 11.2 Å². The first-order valence-electron chi connectivity index (χ1n) is 7.27. The molecule has 24 heavy (non-hydrogen) atoms. The van der Waals surface area contributed by atoms with Crippen LogP contribution < -0.4 is 5.32 Å². The van der Waals surface area contributed by atoms with E-state index in [-0.39, 0.29) is 18.1 Å². The number of aromatic nitrogens is 2. The number of carbonyl (C=O) groups excluding carboxylic acids is 1. The van der Waals surface area contributed by atoms with E-state index in [1.807, 2.05) is 6.07 Å². The third-order valence-electron chi connectivity index (χ3n) is 3.47. The van der Waals surface area contributed by atoms with Crippen LogP contribution in [-0.4, -0.2) is 20.8 Å². The number of hydrogen-bond donors (Lipinski definition) is 2. The first-order chi connectivity index (χ1) is 11.7. The van der Waals surface area contributed by atoms with Crippen LogP contribution in [0.25, 0.3) is 5.69 Å². The van der Waals surface area contributed by atoms with Crippen molar-refractivity contribution in [1.29, 1.82) is 5.26 Å². The summed E-state index contributed by atoms with van der Waals surface area (Å²) in [5.74, 6) is -0.106. The average Bonchev–Trinajstić information content (AvgIpc) is 3.07. The molecule has 0 radical (unpaired) electrons. The highest BCUT2D eigenvalue weighted by Gasteiger charge is 2.08. The van der Waals surface area contributed by atoms with Crippen molar-refractivity contribution in [2.24, 2.45) is 0 Å². The average molecular weight is 318 g/mol. The van der Waals surface area contributed by atoms with Crippen LogP contribution in [0.4, 0.5) is 5.69 Å². The van der Waals surface area contributed by atoms with Crippen molar-refractivity contribution in [3.8, 4) is 17.5 Å². The molecule has 1 heterocycles. The van der Waals surface area contributed by atoms with Gasteiger partial charge in [0.25, 0.3) is 0 Å². The second-order valence-corrected chi connectivity index (χ2v) is 5.19. The van der Waals surface area contributed by atoms with E-state index in [2.05, 4.69) is 10.4 Å². The number of aromatic hydroxyl groups is 1. The summed E-state index contributed by atoms with van der Waals surface area (Å²) in [7, 11) is 0. The number of carbonyl (C=O) groups is 1. The first kappa shape index (κ1) is 15.3. The molecular weight excluding hydrogens is 304 g/mol. The van der Waals surface area contributed by atoms with Crippen LogP contribution in [0.1, 0.15) is 11.1 Å². The van der Waals surface area contributed by atoms with E-state index < -0.39 is 0 Å². The standard InChI is InChI=1S/C18H14N4O2/c19-10-13-11-20-22(12-13)16-7-5-15(6-8-16)21-18(24)9-14-3-1-2-4-17(14)23/h1-8,11-12,23H,9H2,(H,21,24). The molecule has 0 saturated heterocycles. The second kappa shape index (κ2) is 6.67. The molecule has 0 aliphatic heterocycles. The van der Waals surface area contributed by atoms with Gasteiger partial charge in [-0.15, -0.1) is 0 Å². The number of amides is 1. The molecule has 0 saturated carbocycles. The number of benzene rings is 2. The maximum absolute atomic E-state index is 12.1. The first-order valence-corrected chi connectivity index (χ1v) is 7.27. The van der Waals surface area contributed by atoms with Gasteiger partial charge in [0.15, 0.2) is 0 Å². The van der Waals surface area contributed by atoms with E-state index in [9.17, 15) is 9.90 Å². The van der Waals surface area contributed by atoms with Crippen molar-refractivity contribution >= 4 is 11.6 Å². The Morgan fingerprint density at radius 2 is 1.96 bits per heavy atom. The lowest BCUT2D eigenvalue weighted by Gasteiger charge is -2.08. The summed E-state index contributed by atoms with van der Waals surface area (Å²) in [6.07, 6.45) is 3.22. The van der Waals surface area contributed by atoms with Gasteiger partial charge in [-0.25, -0.2) is 4.68 Å². The van der Waals surface area contributed by atoms with Gasteiger partial charge in [-0.1, -0.05) is 18.2 Å². The zero-order valence-electron chi connectivity index (χ0n) is 12.7. The van der Waals surface area contributed by atoms with Gasteiger partial charge >= 0.3 is 0 Å². The molecule has 2 aromatic carbocycles. The fourth-order valence-electron chi connectivity index (χ4n) is 2.26. The molecule has 3 aromatic rings. The minimum absolute atomic E-state index is 0.0963. The predicted octanol–water partition coefficient (Wildman–Crippen LogP) is 2.63. The Kier molecular flexibility index (Phi) is 4.25. The zero-order chi connectivity index (χ0) is 16.9. The highest BCUT2D eigenvalue weighted by atomic mass is 16.3. The van der Waals surface area contributed by atoms with Gasteiger partial charge in [-0.2, -0.15) is 10.4 Å². The summed E-state index contributed by atoms with van der Waals surface area (Å²) < 4.78 is 1.59. The molecule has 0 aliphatic rings. The van der Waals surface area contributed by atoms with Gasteiger partial charge in [0.1, 0.15) is 11.8 Å². The Morgan fingerprint density at radius 3 is 2.62 bits per heavy atom. The molecule has 6 nitrogen and oxygen atoms in total. The Labute approximate surface area is 138 Å². The van der Waals surface area contributed by atoms with Crippen molar-refractivity contribution < 1.29 is 9.90 Å². The summed E-state index contributed by atoms with van der Waals surface area (Å²) in [5, 5.41) is 25.4. The van der Waals surface area contributed by atoms with E-state index >= 15 is 0 Å². The topological polar surface area (TPSA) is 90.9 Å². The third kappa shape index (κ3) is 3.42. The number of nitriles is 1. The number of anilines is 1. The Bertz CT molecular complexity index is 907. The highest BCUT2D eigenvalue weighted by Crippen LogP contribution is 2.18. The molecule has 0 bridgehead atoms. The zero-order valence-corrected chi connectivity index (χ0v) is 12.7. The number of rotatable bonds is 4. The largest absolute Gasteiger partial charge is 0.508 e. The summed E-state index contributed by atoms with van der Waals surface area (Å²) in [4.78, 5) is 12.1. The number of nitrogens with zero attached hydrogens (tertiary/aromatic N) is 3. The van der Waals surface area contributed by atoms with E-state index in [4.69, 9.17) is 5.26 Å². The lowest BCUT2D eigenvalue weighted by atomic mass is 10.1. The second-order valence-electron chi connectivity index (χ2n) is 5.19. The summed E-state index contributed by atoms with van der Waals surface area (Å²) >= 11 is 0. The molecule has 0 unspecified atom stereocenters. The van der Waals surface area contributed by atoms with Gasteiger partial charge in [0.2, 0.25) is 5.91 Å². The predicted molar refractivity (Wildman–Crippen MR) is 88.7 cm³/mol. The van der Waals surface area contributed by atoms with E-state index in [0.717, 1.165) is 5.69 Å². The molecule has 0 atom stereocenters. The van der Waals surface area contributed by atoms with Crippen LogP contribution in [0.3, 0.4) is 0 Å². The normalized spacial score (nSPS) is 10.1. The number of hydrogen-bond acceptors (Lipinski definition) is 4. The quantitative estimate of drug-likeness (QED) is 0.773. The van der Waals surface area contributed by atoms with Crippen molar-refractivity contribution in [3.63, 3.8) is 0 Å². The lowest BCUT2D eigenvalue weighted by molar-refractivity contribution is -0.115.